The van der Waals surface area contributed by atoms with E-state index < -0.39 is 10.0 Å². The number of anilines is 2. The van der Waals surface area contributed by atoms with Crippen LogP contribution < -0.4 is 20.8 Å². The van der Waals surface area contributed by atoms with E-state index in [1.54, 1.807) is 13.1 Å². The fourth-order valence-electron chi connectivity index (χ4n) is 3.91. The van der Waals surface area contributed by atoms with Gasteiger partial charge in [-0.3, -0.25) is 5.10 Å². The molecule has 184 valence electrons. The second kappa shape index (κ2) is 9.90. The average Bonchev–Trinajstić information content (AvgIpc) is 3.32. The predicted molar refractivity (Wildman–Crippen MR) is 137 cm³/mol. The SMILES string of the molecule is C=CN=c1c(Nc2cc(C)c(S(=O)(=O)NC3CC3)s2)nc(C2=CCCNC2)cn1Cc1cn[nH]c1. The first-order valence-corrected chi connectivity index (χ1v) is 13.8. The van der Waals surface area contributed by atoms with Gasteiger partial charge in [0.1, 0.15) is 4.21 Å². The van der Waals surface area contributed by atoms with Crippen molar-refractivity contribution in [3.05, 3.63) is 65.8 Å². The highest BCUT2D eigenvalue weighted by atomic mass is 32.2. The molecular weight excluding hydrogens is 484 g/mol. The molecular formula is C23H28N8O2S2. The average molecular weight is 513 g/mol. The molecule has 3 aromatic rings. The van der Waals surface area contributed by atoms with Crippen LogP contribution in [0.5, 0.6) is 0 Å². The Bertz CT molecular complexity index is 1430. The van der Waals surface area contributed by atoms with Crippen molar-refractivity contribution < 1.29 is 8.42 Å². The third-order valence-corrected chi connectivity index (χ3v) is 9.04. The molecule has 12 heteroatoms. The van der Waals surface area contributed by atoms with Crippen LogP contribution in [-0.2, 0) is 16.6 Å². The lowest BCUT2D eigenvalue weighted by Crippen LogP contribution is -2.28. The number of rotatable bonds is 9. The van der Waals surface area contributed by atoms with Crippen molar-refractivity contribution in [3.63, 3.8) is 0 Å². The Labute approximate surface area is 208 Å². The smallest absolute Gasteiger partial charge is 0.250 e. The monoisotopic (exact) mass is 512 g/mol. The molecule has 1 saturated carbocycles. The molecule has 1 aliphatic heterocycles. The number of hydrogen-bond donors (Lipinski definition) is 4. The number of H-pyrrole nitrogens is 1. The van der Waals surface area contributed by atoms with Gasteiger partial charge in [-0.1, -0.05) is 12.7 Å². The fraction of sp³-hybridized carbons (Fsp3) is 0.348. The zero-order chi connectivity index (χ0) is 24.4. The lowest BCUT2D eigenvalue weighted by atomic mass is 10.1. The van der Waals surface area contributed by atoms with Crippen LogP contribution in [0.15, 0.2) is 52.7 Å². The zero-order valence-electron chi connectivity index (χ0n) is 19.4. The molecule has 1 aliphatic carbocycles. The molecule has 35 heavy (non-hydrogen) atoms. The predicted octanol–water partition coefficient (Wildman–Crippen LogP) is 2.63. The first kappa shape index (κ1) is 23.7. The van der Waals surface area contributed by atoms with E-state index in [-0.39, 0.29) is 6.04 Å². The van der Waals surface area contributed by atoms with Gasteiger partial charge in [-0.25, -0.2) is 23.1 Å². The summed E-state index contributed by atoms with van der Waals surface area (Å²) in [5, 5.41) is 14.3. The highest BCUT2D eigenvalue weighted by Crippen LogP contribution is 2.33. The van der Waals surface area contributed by atoms with E-state index in [4.69, 9.17) is 4.98 Å². The summed E-state index contributed by atoms with van der Waals surface area (Å²) in [6, 6.07) is 1.88. The van der Waals surface area contributed by atoms with Gasteiger partial charge in [-0.2, -0.15) is 5.10 Å². The minimum absolute atomic E-state index is 0.0495. The minimum Gasteiger partial charge on any atom is -0.329 e. The van der Waals surface area contributed by atoms with Crippen molar-refractivity contribution in [1.29, 1.82) is 0 Å². The number of thiophene rings is 1. The highest BCUT2D eigenvalue weighted by molar-refractivity contribution is 7.91. The molecule has 10 nitrogen and oxygen atoms in total. The summed E-state index contributed by atoms with van der Waals surface area (Å²) < 4.78 is 30.7. The lowest BCUT2D eigenvalue weighted by molar-refractivity contribution is 0.582. The van der Waals surface area contributed by atoms with Crippen molar-refractivity contribution in [2.24, 2.45) is 4.99 Å². The minimum atomic E-state index is -3.55. The van der Waals surface area contributed by atoms with E-state index >= 15 is 0 Å². The summed E-state index contributed by atoms with van der Waals surface area (Å²) in [4.78, 5) is 9.40. The van der Waals surface area contributed by atoms with Crippen LogP contribution in [-0.4, -0.2) is 47.3 Å². The van der Waals surface area contributed by atoms with E-state index in [1.807, 2.05) is 23.0 Å². The van der Waals surface area contributed by atoms with Gasteiger partial charge in [0, 0.05) is 36.7 Å². The van der Waals surface area contributed by atoms with Gasteiger partial charge in [0.05, 0.1) is 23.4 Å². The van der Waals surface area contributed by atoms with Gasteiger partial charge in [0.2, 0.25) is 0 Å². The maximum Gasteiger partial charge on any atom is 0.250 e. The molecule has 0 aromatic carbocycles. The topological polar surface area (TPSA) is 129 Å². The molecule has 4 N–H and O–H groups in total. The summed E-state index contributed by atoms with van der Waals surface area (Å²) in [5.41, 5.74) is 4.18. The van der Waals surface area contributed by atoms with Crippen molar-refractivity contribution >= 4 is 37.8 Å². The van der Waals surface area contributed by atoms with Crippen LogP contribution in [0.3, 0.4) is 0 Å². The molecule has 1 fully saturated rings. The van der Waals surface area contributed by atoms with Gasteiger partial charge < -0.3 is 15.2 Å². The Kier molecular flexibility index (Phi) is 6.69. The summed E-state index contributed by atoms with van der Waals surface area (Å²) in [5.74, 6) is 0.526. The zero-order valence-corrected chi connectivity index (χ0v) is 21.0. The largest absolute Gasteiger partial charge is 0.329 e. The van der Waals surface area contributed by atoms with Gasteiger partial charge in [0.25, 0.3) is 10.0 Å². The van der Waals surface area contributed by atoms with E-state index in [9.17, 15) is 8.42 Å². The van der Waals surface area contributed by atoms with Gasteiger partial charge >= 0.3 is 0 Å². The van der Waals surface area contributed by atoms with E-state index in [0.717, 1.165) is 49.2 Å². The van der Waals surface area contributed by atoms with Crippen molar-refractivity contribution in [2.75, 3.05) is 18.4 Å². The second-order valence-electron chi connectivity index (χ2n) is 8.64. The number of nitrogens with one attached hydrogen (secondary N) is 4. The third-order valence-electron chi connectivity index (χ3n) is 5.73. The number of aryl methyl sites for hydroxylation is 1. The molecule has 0 unspecified atom stereocenters. The van der Waals surface area contributed by atoms with Gasteiger partial charge in [-0.05, 0) is 49.9 Å². The Morgan fingerprint density at radius 1 is 1.40 bits per heavy atom. The maximum absolute atomic E-state index is 12.8. The lowest BCUT2D eigenvalue weighted by Gasteiger charge is -2.18. The number of aromatic nitrogens is 4. The quantitative estimate of drug-likeness (QED) is 0.349. The molecule has 0 atom stereocenters. The number of sulfonamides is 1. The fourth-order valence-corrected chi connectivity index (χ4v) is 6.83. The van der Waals surface area contributed by atoms with Crippen molar-refractivity contribution in [2.45, 2.75) is 43.0 Å². The molecule has 5 rings (SSSR count). The molecule has 2 aliphatic rings. The standard InChI is InChI=1S/C23H28N8O2S2/c1-3-25-22-21(29-20-9-15(2)23(34-20)35(32,33)30-18-6-7-18)28-19(17-5-4-8-24-12-17)14-31(22)13-16-10-26-27-11-16/h3,5,9-11,14,18,24,30H,1,4,6-8,12-13H2,2H3,(H,26,27)(H,28,29). The third kappa shape index (κ3) is 5.45. The van der Waals surface area contributed by atoms with E-state index in [1.165, 1.54) is 17.5 Å². The van der Waals surface area contributed by atoms with E-state index in [2.05, 4.69) is 43.2 Å². The van der Waals surface area contributed by atoms with Crippen LogP contribution in [0.1, 0.15) is 36.1 Å². The Hall–Kier alpha value is -3.06. The van der Waals surface area contributed by atoms with Crippen LogP contribution >= 0.6 is 11.3 Å². The molecule has 0 saturated heterocycles. The van der Waals surface area contributed by atoms with Gasteiger partial charge in [0.15, 0.2) is 11.3 Å². The van der Waals surface area contributed by atoms with Crippen LogP contribution in [0.25, 0.3) is 5.57 Å². The molecule has 4 heterocycles. The summed E-state index contributed by atoms with van der Waals surface area (Å²) in [6.45, 7) is 7.78. The first-order chi connectivity index (χ1) is 16.9. The van der Waals surface area contributed by atoms with Crippen LogP contribution in [0.4, 0.5) is 10.8 Å². The normalized spacial score (nSPS) is 16.8. The van der Waals surface area contributed by atoms with Gasteiger partial charge in [-0.15, -0.1) is 11.3 Å². The van der Waals surface area contributed by atoms with E-state index in [0.29, 0.717) is 32.6 Å². The van der Waals surface area contributed by atoms with Crippen molar-refractivity contribution in [3.8, 4) is 0 Å². The molecule has 0 radical (unpaired) electrons. The first-order valence-electron chi connectivity index (χ1n) is 11.5. The molecule has 3 aromatic heterocycles. The molecule has 0 bridgehead atoms. The number of aromatic amines is 1. The number of nitrogens with zero attached hydrogens (tertiary/aromatic N) is 4. The maximum atomic E-state index is 12.8. The van der Waals surface area contributed by atoms with Crippen molar-refractivity contribution in [1.82, 2.24) is 29.8 Å². The second-order valence-corrected chi connectivity index (χ2v) is 11.6. The molecule has 0 spiro atoms. The Balaban J connectivity index is 1.56. The highest BCUT2D eigenvalue weighted by Gasteiger charge is 2.30. The Morgan fingerprint density at radius 3 is 2.94 bits per heavy atom. The van der Waals surface area contributed by atoms with Crippen LogP contribution in [0, 0.1) is 6.92 Å². The number of hydrogen-bond acceptors (Lipinski definition) is 8. The van der Waals surface area contributed by atoms with Crippen LogP contribution in [0.2, 0.25) is 0 Å². The summed E-state index contributed by atoms with van der Waals surface area (Å²) in [7, 11) is -3.55. The molecule has 0 amide bonds. The Morgan fingerprint density at radius 2 is 2.26 bits per heavy atom. The summed E-state index contributed by atoms with van der Waals surface area (Å²) in [6.07, 6.45) is 12.0. The summed E-state index contributed by atoms with van der Waals surface area (Å²) >= 11 is 1.19.